The van der Waals surface area contributed by atoms with Crippen molar-refractivity contribution in [3.63, 3.8) is 0 Å². The molecule has 0 radical (unpaired) electrons. The maximum atomic E-state index is 12.5. The summed E-state index contributed by atoms with van der Waals surface area (Å²) in [6.45, 7) is 20.0. The van der Waals surface area contributed by atoms with Crippen LogP contribution < -0.4 is 0 Å². The van der Waals surface area contributed by atoms with Crippen molar-refractivity contribution in [2.75, 3.05) is 13.2 Å². The maximum Gasteiger partial charge on any atom is 0.184 e. The van der Waals surface area contributed by atoms with Crippen LogP contribution in [-0.4, -0.2) is 32.9 Å². The second kappa shape index (κ2) is 9.52. The van der Waals surface area contributed by atoms with Gasteiger partial charge in [0.05, 0.1) is 18.8 Å². The summed E-state index contributed by atoms with van der Waals surface area (Å²) in [5.41, 5.74) is 0.123. The molecule has 2 saturated carbocycles. The Morgan fingerprint density at radius 3 is 2.24 bits per heavy atom. The Balaban J connectivity index is 2.07. The van der Waals surface area contributed by atoms with Gasteiger partial charge in [-0.15, -0.1) is 0 Å². The van der Waals surface area contributed by atoms with Crippen LogP contribution >= 0.6 is 0 Å². The molecule has 0 aromatic heterocycles. The van der Waals surface area contributed by atoms with E-state index in [4.69, 9.17) is 9.16 Å². The molecule has 2 rings (SSSR count). The molecule has 0 amide bonds. The molecule has 0 bridgehead atoms. The van der Waals surface area contributed by atoms with Gasteiger partial charge in [0, 0.05) is 12.3 Å². The largest absolute Gasteiger partial charge is 0.410 e. The highest BCUT2D eigenvalue weighted by molar-refractivity contribution is 6.69. The lowest BCUT2D eigenvalue weighted by atomic mass is 9.58. The molecule has 0 N–H and O–H groups in total. The standard InChI is InChI=1S/C25H48O3Si/c1-9-15-25(16-10-2,28-29(6,7)8)19-27-18-23(3,4)22-14-13-20-21(26)12-11-17-24(20,22)5/h20,22H,9-19H2,1-8H3/t20-,22+,24-/m0/s1. The molecule has 0 aromatic rings. The van der Waals surface area contributed by atoms with Crippen LogP contribution in [0.3, 0.4) is 0 Å². The lowest BCUT2D eigenvalue weighted by Crippen LogP contribution is -2.48. The predicted octanol–water partition coefficient (Wildman–Crippen LogP) is 7.01. The van der Waals surface area contributed by atoms with E-state index < -0.39 is 8.32 Å². The molecular formula is C25H48O3Si. The fraction of sp³-hybridized carbons (Fsp3) is 0.960. The SMILES string of the molecule is CCCC(CCC)(COCC(C)(C)[C@H]1CC[C@H]2C(=O)CCC[C@]12C)O[Si](C)(C)C. The highest BCUT2D eigenvalue weighted by atomic mass is 28.4. The van der Waals surface area contributed by atoms with Crippen molar-refractivity contribution < 1.29 is 14.0 Å². The van der Waals surface area contributed by atoms with Crippen molar-refractivity contribution in [1.82, 2.24) is 0 Å². The molecule has 2 aliphatic rings. The quantitative estimate of drug-likeness (QED) is 0.335. The molecule has 0 aromatic carbocycles. The topological polar surface area (TPSA) is 35.5 Å². The Bertz CT molecular complexity index is 545. The molecule has 29 heavy (non-hydrogen) atoms. The molecule has 0 saturated heterocycles. The van der Waals surface area contributed by atoms with E-state index in [1.54, 1.807) is 0 Å². The third kappa shape index (κ3) is 5.95. The number of hydrogen-bond donors (Lipinski definition) is 0. The van der Waals surface area contributed by atoms with Crippen molar-refractivity contribution in [3.05, 3.63) is 0 Å². The number of Topliss-reactive ketones (excluding diaryl/α,β-unsaturated/α-hetero) is 1. The highest BCUT2D eigenvalue weighted by Gasteiger charge is 2.55. The molecule has 0 unspecified atom stereocenters. The second-order valence-electron chi connectivity index (χ2n) is 11.9. The van der Waals surface area contributed by atoms with Crippen LogP contribution in [0, 0.1) is 22.7 Å². The van der Waals surface area contributed by atoms with Crippen LogP contribution in [0.5, 0.6) is 0 Å². The van der Waals surface area contributed by atoms with Gasteiger partial charge in [0.1, 0.15) is 5.78 Å². The average Bonchev–Trinajstić information content (AvgIpc) is 2.93. The van der Waals surface area contributed by atoms with Crippen LogP contribution in [0.2, 0.25) is 19.6 Å². The van der Waals surface area contributed by atoms with E-state index in [0.717, 1.165) is 51.6 Å². The Hall–Kier alpha value is -0.193. The molecule has 3 atom stereocenters. The van der Waals surface area contributed by atoms with Crippen molar-refractivity contribution in [2.45, 2.75) is 118 Å². The monoisotopic (exact) mass is 424 g/mol. The molecule has 0 aliphatic heterocycles. The summed E-state index contributed by atoms with van der Waals surface area (Å²) in [5.74, 6) is 1.37. The van der Waals surface area contributed by atoms with Crippen LogP contribution in [0.1, 0.15) is 92.4 Å². The predicted molar refractivity (Wildman–Crippen MR) is 125 cm³/mol. The van der Waals surface area contributed by atoms with Gasteiger partial charge >= 0.3 is 0 Å². The lowest BCUT2D eigenvalue weighted by Gasteiger charge is -2.47. The summed E-state index contributed by atoms with van der Waals surface area (Å²) >= 11 is 0. The van der Waals surface area contributed by atoms with E-state index in [1.165, 1.54) is 12.8 Å². The van der Waals surface area contributed by atoms with E-state index in [1.807, 2.05) is 0 Å². The first-order chi connectivity index (χ1) is 13.4. The first kappa shape index (κ1) is 25.1. The van der Waals surface area contributed by atoms with Crippen LogP contribution in [0.25, 0.3) is 0 Å². The normalized spacial score (nSPS) is 28.6. The summed E-state index contributed by atoms with van der Waals surface area (Å²) in [5, 5.41) is 0. The first-order valence-corrected chi connectivity index (χ1v) is 15.6. The van der Waals surface area contributed by atoms with Crippen molar-refractivity contribution >= 4 is 14.1 Å². The minimum Gasteiger partial charge on any atom is -0.410 e. The molecule has 2 fully saturated rings. The summed E-state index contributed by atoms with van der Waals surface area (Å²) in [7, 11) is -1.65. The Labute approximate surface area is 181 Å². The number of carbonyl (C=O) groups excluding carboxylic acids is 1. The molecule has 2 aliphatic carbocycles. The van der Waals surface area contributed by atoms with Crippen molar-refractivity contribution in [1.29, 1.82) is 0 Å². The van der Waals surface area contributed by atoms with E-state index >= 15 is 0 Å². The van der Waals surface area contributed by atoms with Gasteiger partial charge in [-0.25, -0.2) is 0 Å². The maximum absolute atomic E-state index is 12.5. The number of fused-ring (bicyclic) bond motifs is 1. The minimum atomic E-state index is -1.65. The summed E-state index contributed by atoms with van der Waals surface area (Å²) in [4.78, 5) is 12.5. The Kier molecular flexibility index (Phi) is 8.23. The molecule has 0 heterocycles. The van der Waals surface area contributed by atoms with E-state index in [2.05, 4.69) is 54.3 Å². The van der Waals surface area contributed by atoms with Crippen molar-refractivity contribution in [3.8, 4) is 0 Å². The first-order valence-electron chi connectivity index (χ1n) is 12.2. The van der Waals surface area contributed by atoms with Crippen LogP contribution in [0.15, 0.2) is 0 Å². The second-order valence-corrected chi connectivity index (χ2v) is 16.3. The molecule has 170 valence electrons. The van der Waals surface area contributed by atoms with Gasteiger partial charge in [-0.1, -0.05) is 47.5 Å². The number of hydrogen-bond acceptors (Lipinski definition) is 3. The van der Waals surface area contributed by atoms with E-state index in [0.29, 0.717) is 18.3 Å². The number of ether oxygens (including phenoxy) is 1. The Morgan fingerprint density at radius 1 is 1.07 bits per heavy atom. The van der Waals surface area contributed by atoms with Gasteiger partial charge in [0.25, 0.3) is 0 Å². The molecule has 3 nitrogen and oxygen atoms in total. The van der Waals surface area contributed by atoms with Gasteiger partial charge < -0.3 is 9.16 Å². The average molecular weight is 425 g/mol. The van der Waals surface area contributed by atoms with Crippen molar-refractivity contribution in [2.24, 2.45) is 22.7 Å². The zero-order valence-corrected chi connectivity index (χ0v) is 21.7. The van der Waals surface area contributed by atoms with Gasteiger partial charge in [-0.2, -0.15) is 0 Å². The molecule has 0 spiro atoms. The fourth-order valence-corrected chi connectivity index (χ4v) is 8.34. The third-order valence-corrected chi connectivity index (χ3v) is 8.63. The molecule has 4 heteroatoms. The van der Waals surface area contributed by atoms with E-state index in [9.17, 15) is 4.79 Å². The summed E-state index contributed by atoms with van der Waals surface area (Å²) in [6, 6.07) is 0. The van der Waals surface area contributed by atoms with Gasteiger partial charge in [-0.3, -0.25) is 4.79 Å². The molecular weight excluding hydrogens is 376 g/mol. The smallest absolute Gasteiger partial charge is 0.184 e. The van der Waals surface area contributed by atoms with Crippen LogP contribution in [0.4, 0.5) is 0 Å². The minimum absolute atomic E-state index is 0.0877. The fourth-order valence-electron chi connectivity index (χ4n) is 6.78. The Morgan fingerprint density at radius 2 is 1.69 bits per heavy atom. The van der Waals surface area contributed by atoms with Gasteiger partial charge in [-0.05, 0) is 74.9 Å². The summed E-state index contributed by atoms with van der Waals surface area (Å²) in [6.07, 6.45) is 9.72. The third-order valence-electron chi connectivity index (χ3n) is 7.58. The number of rotatable bonds is 11. The number of ketones is 1. The number of carbonyl (C=O) groups is 1. The zero-order valence-electron chi connectivity index (χ0n) is 20.7. The van der Waals surface area contributed by atoms with E-state index in [-0.39, 0.29) is 22.3 Å². The van der Waals surface area contributed by atoms with Gasteiger partial charge in [0.15, 0.2) is 8.32 Å². The summed E-state index contributed by atoms with van der Waals surface area (Å²) < 4.78 is 13.2. The highest BCUT2D eigenvalue weighted by Crippen LogP contribution is 2.59. The van der Waals surface area contributed by atoms with Gasteiger partial charge in [0.2, 0.25) is 0 Å². The zero-order chi connectivity index (χ0) is 21.9. The van der Waals surface area contributed by atoms with Crippen LogP contribution in [-0.2, 0) is 14.0 Å². The lowest BCUT2D eigenvalue weighted by molar-refractivity contribution is -0.132.